The van der Waals surface area contributed by atoms with Crippen LogP contribution in [-0.2, 0) is 19.4 Å². The van der Waals surface area contributed by atoms with Crippen molar-refractivity contribution in [2.24, 2.45) is 16.2 Å². The number of carbonyl (C=O) groups is 2. The zero-order valence-corrected chi connectivity index (χ0v) is 16.7. The summed E-state index contributed by atoms with van der Waals surface area (Å²) in [4.78, 5) is 31.6. The molecule has 0 unspecified atom stereocenters. The Morgan fingerprint density at radius 2 is 1.28 bits per heavy atom. The van der Waals surface area contributed by atoms with E-state index in [2.05, 4.69) is 37.5 Å². The molecule has 0 heterocycles. The number of hydrogen-bond donors (Lipinski definition) is 2. The molecule has 0 fully saturated rings. The lowest BCUT2D eigenvalue weighted by Gasteiger charge is -2.53. The molecule has 0 saturated heterocycles. The van der Waals surface area contributed by atoms with E-state index in [9.17, 15) is 14.8 Å². The van der Waals surface area contributed by atoms with E-state index < -0.39 is 17.4 Å². The third-order valence-corrected chi connectivity index (χ3v) is 6.29. The highest BCUT2D eigenvalue weighted by Crippen LogP contribution is 2.58. The smallest absolute Gasteiger partial charge is 0.301 e. The van der Waals surface area contributed by atoms with Crippen molar-refractivity contribution >= 4 is 11.9 Å². The Bertz CT molecular complexity index is 412. The molecule has 0 amide bonds. The normalized spacial score (nSPS) is 12.8. The van der Waals surface area contributed by atoms with Crippen LogP contribution < -0.4 is 0 Å². The first-order valence-electron chi connectivity index (χ1n) is 9.26. The highest BCUT2D eigenvalue weighted by molar-refractivity contribution is 5.78. The number of hydrogen-bond acceptors (Lipinski definition) is 6. The van der Waals surface area contributed by atoms with Crippen LogP contribution in [-0.4, -0.2) is 22.5 Å². The first-order valence-corrected chi connectivity index (χ1v) is 9.26. The molecule has 0 radical (unpaired) electrons. The van der Waals surface area contributed by atoms with E-state index in [0.29, 0.717) is 12.8 Å². The van der Waals surface area contributed by atoms with Crippen LogP contribution in [0, 0.1) is 16.2 Å². The van der Waals surface area contributed by atoms with Gasteiger partial charge in [-0.3, -0.25) is 0 Å². The number of unbranched alkanes of at least 4 members (excludes halogenated alkanes) is 3. The van der Waals surface area contributed by atoms with Gasteiger partial charge < -0.3 is 9.78 Å². The van der Waals surface area contributed by atoms with Gasteiger partial charge in [-0.1, -0.05) is 60.8 Å². The van der Waals surface area contributed by atoms with Gasteiger partial charge in [0.1, 0.15) is 0 Å². The van der Waals surface area contributed by atoms with Gasteiger partial charge in [0.15, 0.2) is 0 Å². The van der Waals surface area contributed by atoms with Crippen LogP contribution >= 0.6 is 0 Å². The summed E-state index contributed by atoms with van der Waals surface area (Å²) in [5.74, 6) is -1.19. The third-order valence-electron chi connectivity index (χ3n) is 6.29. The molecule has 6 heteroatoms. The fourth-order valence-electron chi connectivity index (χ4n) is 3.99. The molecule has 2 N–H and O–H groups in total. The van der Waals surface area contributed by atoms with Crippen molar-refractivity contribution in [3.8, 4) is 0 Å². The monoisotopic (exact) mass is 360 g/mol. The minimum atomic E-state index is -0.803. The van der Waals surface area contributed by atoms with Crippen LogP contribution in [0.4, 0.5) is 0 Å². The van der Waals surface area contributed by atoms with Crippen LogP contribution in [0.3, 0.4) is 0 Å². The lowest BCUT2D eigenvalue weighted by atomic mass is 9.49. The molecule has 0 aliphatic carbocycles. The van der Waals surface area contributed by atoms with Gasteiger partial charge in [0.2, 0.25) is 0 Å². The average molecular weight is 360 g/mol. The van der Waals surface area contributed by atoms with Gasteiger partial charge in [-0.2, -0.15) is 10.5 Å². The van der Waals surface area contributed by atoms with E-state index in [1.807, 2.05) is 13.8 Å². The van der Waals surface area contributed by atoms with Crippen molar-refractivity contribution in [1.82, 2.24) is 0 Å². The first-order chi connectivity index (χ1) is 11.6. The summed E-state index contributed by atoms with van der Waals surface area (Å²) in [5.41, 5.74) is -1.48. The van der Waals surface area contributed by atoms with Gasteiger partial charge in [0.25, 0.3) is 0 Å². The van der Waals surface area contributed by atoms with Crippen LogP contribution in [0.5, 0.6) is 0 Å². The summed E-state index contributed by atoms with van der Waals surface area (Å²) in [5, 5.41) is 17.4. The maximum absolute atomic E-state index is 12.7. The molecule has 0 spiro atoms. The molecular formula is C19H36O6. The van der Waals surface area contributed by atoms with E-state index in [4.69, 9.17) is 5.26 Å². The molecular weight excluding hydrogens is 324 g/mol. The number of carbonyl (C=O) groups excluding carboxylic acids is 2. The molecule has 6 nitrogen and oxygen atoms in total. The minimum absolute atomic E-state index is 0.182. The predicted molar refractivity (Wildman–Crippen MR) is 95.7 cm³/mol. The largest absolute Gasteiger partial charge is 0.349 e. The second-order valence-corrected chi connectivity index (χ2v) is 8.14. The average Bonchev–Trinajstić information content (AvgIpc) is 2.59. The Balaban J connectivity index is 5.21. The van der Waals surface area contributed by atoms with Gasteiger partial charge in [-0.05, 0) is 36.5 Å². The van der Waals surface area contributed by atoms with Crippen molar-refractivity contribution in [3.05, 3.63) is 0 Å². The van der Waals surface area contributed by atoms with Gasteiger partial charge in [-0.15, -0.1) is 0 Å². The fourth-order valence-corrected chi connectivity index (χ4v) is 3.99. The Labute approximate surface area is 151 Å². The van der Waals surface area contributed by atoms with Gasteiger partial charge in [0, 0.05) is 6.42 Å². The Kier molecular flexibility index (Phi) is 9.66. The van der Waals surface area contributed by atoms with Crippen molar-refractivity contribution in [2.45, 2.75) is 92.9 Å². The van der Waals surface area contributed by atoms with Crippen molar-refractivity contribution in [3.63, 3.8) is 0 Å². The molecule has 0 aromatic rings. The molecule has 148 valence electrons. The minimum Gasteiger partial charge on any atom is -0.301 e. The Morgan fingerprint density at radius 3 is 1.68 bits per heavy atom. The van der Waals surface area contributed by atoms with E-state index in [0.717, 1.165) is 32.1 Å². The SMILES string of the molecule is CCC(C)(C)C(CCCCCCC(=O)OO)(C(=O)OO)C(C)(C)CC. The van der Waals surface area contributed by atoms with E-state index >= 15 is 0 Å². The first kappa shape index (κ1) is 23.9. The molecule has 0 aromatic heterocycles. The molecule has 0 aromatic carbocycles. The van der Waals surface area contributed by atoms with Crippen molar-refractivity contribution < 1.29 is 29.9 Å². The summed E-state index contributed by atoms with van der Waals surface area (Å²) < 4.78 is 0. The summed E-state index contributed by atoms with van der Waals surface area (Å²) in [6.45, 7) is 12.3. The molecule has 0 saturated carbocycles. The summed E-state index contributed by atoms with van der Waals surface area (Å²) in [7, 11) is 0. The zero-order valence-electron chi connectivity index (χ0n) is 16.7. The third kappa shape index (κ3) is 5.42. The lowest BCUT2D eigenvalue weighted by molar-refractivity contribution is -0.262. The summed E-state index contributed by atoms with van der Waals surface area (Å²) >= 11 is 0. The predicted octanol–water partition coefficient (Wildman–Crippen LogP) is 5.22. The molecule has 0 aliphatic rings. The summed E-state index contributed by atoms with van der Waals surface area (Å²) in [6.07, 6.45) is 5.43. The van der Waals surface area contributed by atoms with E-state index in [1.165, 1.54) is 0 Å². The van der Waals surface area contributed by atoms with E-state index in [-0.39, 0.29) is 17.3 Å². The van der Waals surface area contributed by atoms with E-state index in [1.54, 1.807) is 0 Å². The molecule has 0 aliphatic heterocycles. The zero-order chi connectivity index (χ0) is 19.7. The molecule has 0 bridgehead atoms. The van der Waals surface area contributed by atoms with Crippen LogP contribution in [0.1, 0.15) is 92.9 Å². The second-order valence-electron chi connectivity index (χ2n) is 8.14. The maximum atomic E-state index is 12.7. The highest BCUT2D eigenvalue weighted by Gasteiger charge is 2.59. The van der Waals surface area contributed by atoms with Crippen LogP contribution in [0.15, 0.2) is 0 Å². The molecule has 25 heavy (non-hydrogen) atoms. The number of rotatable bonds is 12. The fraction of sp³-hybridized carbons (Fsp3) is 0.895. The highest BCUT2D eigenvalue weighted by atomic mass is 17.1. The Hall–Kier alpha value is -1.14. The van der Waals surface area contributed by atoms with Gasteiger partial charge in [0.05, 0.1) is 5.41 Å². The van der Waals surface area contributed by atoms with Crippen LogP contribution in [0.2, 0.25) is 0 Å². The second kappa shape index (κ2) is 10.1. The lowest BCUT2D eigenvalue weighted by Crippen LogP contribution is -2.54. The maximum Gasteiger partial charge on any atom is 0.349 e. The quantitative estimate of drug-likeness (QED) is 0.282. The van der Waals surface area contributed by atoms with Crippen molar-refractivity contribution in [1.29, 1.82) is 0 Å². The van der Waals surface area contributed by atoms with Gasteiger partial charge in [-0.25, -0.2) is 9.59 Å². The topological polar surface area (TPSA) is 93.1 Å². The van der Waals surface area contributed by atoms with Gasteiger partial charge >= 0.3 is 11.9 Å². The van der Waals surface area contributed by atoms with Crippen molar-refractivity contribution in [2.75, 3.05) is 0 Å². The Morgan fingerprint density at radius 1 is 0.800 bits per heavy atom. The summed E-state index contributed by atoms with van der Waals surface area (Å²) in [6, 6.07) is 0. The molecule has 0 atom stereocenters. The standard InChI is InChI=1S/C19H36O6/c1-7-17(3,4)19(16(21)25-23,18(5,6)8-2)14-12-10-9-11-13-15(20)24-22/h22-23H,7-14H2,1-6H3. The van der Waals surface area contributed by atoms with Crippen LogP contribution in [0.25, 0.3) is 0 Å². The molecule has 0 rings (SSSR count).